The molecule has 2 aliphatic carbocycles. The minimum absolute atomic E-state index is 0.0735. The van der Waals surface area contributed by atoms with Crippen LogP contribution in [0.25, 0.3) is 0 Å². The molecule has 0 aromatic carbocycles. The molecular weight excluding hydrogens is 396 g/mol. The summed E-state index contributed by atoms with van der Waals surface area (Å²) in [6, 6.07) is 0. The number of rotatable bonds is 13. The molecule has 2 rings (SSSR count). The first-order valence-electron chi connectivity index (χ1n) is 11.4. The third-order valence-electron chi connectivity index (χ3n) is 5.69. The van der Waals surface area contributed by atoms with Gasteiger partial charge in [0, 0.05) is 32.3 Å². The van der Waals surface area contributed by atoms with Gasteiger partial charge in [0.15, 0.2) is 0 Å². The number of hydrogen-bond donors (Lipinski definition) is 6. The molecule has 31 heavy (non-hydrogen) atoms. The van der Waals surface area contributed by atoms with Gasteiger partial charge in [0.25, 0.3) is 5.91 Å². The van der Waals surface area contributed by atoms with E-state index in [4.69, 9.17) is 23.2 Å². The smallest absolute Gasteiger partial charge is 0.268 e. The van der Waals surface area contributed by atoms with Gasteiger partial charge in [-0.2, -0.15) is 0 Å². The molecule has 0 aromatic rings. The van der Waals surface area contributed by atoms with Crippen LogP contribution >= 0.6 is 0 Å². The molecule has 2 amide bonds. The summed E-state index contributed by atoms with van der Waals surface area (Å²) >= 11 is 0. The second-order valence-electron chi connectivity index (χ2n) is 8.76. The molecule has 0 spiro atoms. The molecule has 10 N–H and O–H groups in total. The van der Waals surface area contributed by atoms with Crippen molar-refractivity contribution in [1.29, 1.82) is 0 Å². The zero-order valence-electron chi connectivity index (χ0n) is 18.5. The van der Waals surface area contributed by atoms with Crippen LogP contribution in [0.4, 0.5) is 0 Å². The maximum absolute atomic E-state index is 12.1. The summed E-state index contributed by atoms with van der Waals surface area (Å²) in [5.74, 6) is 12.8. The van der Waals surface area contributed by atoms with Crippen molar-refractivity contribution in [3.05, 3.63) is 23.9 Å². The molecule has 0 bridgehead atoms. The van der Waals surface area contributed by atoms with E-state index in [1.165, 1.54) is 54.5 Å². The van der Waals surface area contributed by atoms with Crippen LogP contribution < -0.4 is 33.8 Å². The summed E-state index contributed by atoms with van der Waals surface area (Å²) in [6.45, 7) is 1.75. The lowest BCUT2D eigenvalue weighted by atomic mass is 9.89. The molecule has 0 aliphatic heterocycles. The van der Waals surface area contributed by atoms with Gasteiger partial charge in [-0.05, 0) is 50.4 Å². The minimum atomic E-state index is -0.279. The first-order valence-corrected chi connectivity index (χ1v) is 11.4. The predicted octanol–water partition coefficient (Wildman–Crippen LogP) is 0.289. The topological polar surface area (TPSA) is 169 Å². The molecule has 0 heterocycles. The summed E-state index contributed by atoms with van der Waals surface area (Å²) in [6.07, 6.45) is 13.3. The summed E-state index contributed by atoms with van der Waals surface area (Å²) < 4.78 is 0. The molecule has 0 unspecified atom stereocenters. The first-order chi connectivity index (χ1) is 14.8. The second-order valence-corrected chi connectivity index (χ2v) is 8.76. The Morgan fingerprint density at radius 2 is 1.48 bits per heavy atom. The van der Waals surface area contributed by atoms with Crippen LogP contribution in [-0.2, 0) is 9.59 Å². The maximum atomic E-state index is 12.1. The normalized spacial score (nSPS) is 17.9. The third-order valence-corrected chi connectivity index (χ3v) is 5.69. The van der Waals surface area contributed by atoms with Crippen LogP contribution in [0.3, 0.4) is 0 Å². The fourth-order valence-corrected chi connectivity index (χ4v) is 3.69. The monoisotopic (exact) mass is 436 g/mol. The van der Waals surface area contributed by atoms with Crippen molar-refractivity contribution < 1.29 is 9.59 Å². The molecule has 10 nitrogen and oxygen atoms in total. The molecule has 176 valence electrons. The quantitative estimate of drug-likeness (QED) is 0.104. The van der Waals surface area contributed by atoms with Crippen molar-refractivity contribution in [3.8, 4) is 0 Å². The largest absolute Gasteiger partial charge is 0.393 e. The Balaban J connectivity index is 1.57. The summed E-state index contributed by atoms with van der Waals surface area (Å²) in [5.41, 5.74) is 11.8. The zero-order valence-corrected chi connectivity index (χ0v) is 18.5. The summed E-state index contributed by atoms with van der Waals surface area (Å²) in [7, 11) is 0. The number of nitrogens with one attached hydrogen (secondary N) is 2. The fourth-order valence-electron chi connectivity index (χ4n) is 3.69. The number of carbonyl (C=O) groups excluding carboxylic acids is 2. The maximum Gasteiger partial charge on any atom is 0.268 e. The molecule has 2 fully saturated rings. The predicted molar refractivity (Wildman–Crippen MR) is 121 cm³/mol. The highest BCUT2D eigenvalue weighted by Gasteiger charge is 2.24. The van der Waals surface area contributed by atoms with Crippen LogP contribution in [0.5, 0.6) is 0 Å². The molecule has 2 saturated carbocycles. The second kappa shape index (κ2) is 13.1. The number of unbranched alkanes of at least 4 members (excludes halogenated alkanes) is 1. The Hall–Kier alpha value is -2.46. The van der Waals surface area contributed by atoms with Gasteiger partial charge in [-0.3, -0.25) is 9.59 Å². The highest BCUT2D eigenvalue weighted by molar-refractivity contribution is 5.92. The number of hydrazine groups is 2. The summed E-state index contributed by atoms with van der Waals surface area (Å²) in [4.78, 5) is 23.8. The Labute approximate surface area is 185 Å². The molecule has 0 radical (unpaired) electrons. The van der Waals surface area contributed by atoms with Crippen molar-refractivity contribution in [2.24, 2.45) is 35.0 Å². The van der Waals surface area contributed by atoms with E-state index in [0.29, 0.717) is 37.9 Å². The van der Waals surface area contributed by atoms with E-state index in [0.717, 1.165) is 25.7 Å². The SMILES string of the molecule is N/C(=C\N(N)CCCCN(N)/C=C(\N)NC(=O)CC1CC1)C(=O)NCC1CCCCC1. The van der Waals surface area contributed by atoms with Crippen LogP contribution in [0.1, 0.15) is 64.2 Å². The zero-order chi connectivity index (χ0) is 22.6. The van der Waals surface area contributed by atoms with Crippen molar-refractivity contribution in [2.75, 3.05) is 19.6 Å². The molecule has 10 heteroatoms. The van der Waals surface area contributed by atoms with Gasteiger partial charge in [0.1, 0.15) is 11.5 Å². The van der Waals surface area contributed by atoms with E-state index in [-0.39, 0.29) is 23.3 Å². The van der Waals surface area contributed by atoms with Crippen molar-refractivity contribution in [2.45, 2.75) is 64.2 Å². The number of amides is 2. The third kappa shape index (κ3) is 10.9. The van der Waals surface area contributed by atoms with Gasteiger partial charge in [-0.1, -0.05) is 19.3 Å². The fraction of sp³-hybridized carbons (Fsp3) is 0.714. The van der Waals surface area contributed by atoms with Gasteiger partial charge in [-0.25, -0.2) is 11.7 Å². The van der Waals surface area contributed by atoms with Crippen molar-refractivity contribution in [3.63, 3.8) is 0 Å². The van der Waals surface area contributed by atoms with E-state index < -0.39 is 0 Å². The number of hydrogen-bond acceptors (Lipinski definition) is 8. The average Bonchev–Trinajstić information content (AvgIpc) is 3.53. The number of nitrogens with two attached hydrogens (primary N) is 4. The lowest BCUT2D eigenvalue weighted by Gasteiger charge is -2.22. The van der Waals surface area contributed by atoms with Crippen LogP contribution in [0.15, 0.2) is 23.9 Å². The number of nitrogens with zero attached hydrogens (tertiary/aromatic N) is 2. The number of carbonyl (C=O) groups is 2. The van der Waals surface area contributed by atoms with E-state index in [1.54, 1.807) is 0 Å². The highest BCUT2D eigenvalue weighted by atomic mass is 16.2. The van der Waals surface area contributed by atoms with E-state index in [2.05, 4.69) is 10.6 Å². The lowest BCUT2D eigenvalue weighted by molar-refractivity contribution is -0.121. The first kappa shape index (κ1) is 24.8. The van der Waals surface area contributed by atoms with Gasteiger partial charge in [0.2, 0.25) is 5.91 Å². The van der Waals surface area contributed by atoms with Crippen molar-refractivity contribution in [1.82, 2.24) is 20.7 Å². The Morgan fingerprint density at radius 1 is 0.871 bits per heavy atom. The van der Waals surface area contributed by atoms with E-state index >= 15 is 0 Å². The minimum Gasteiger partial charge on any atom is -0.393 e. The molecule has 0 saturated heterocycles. The van der Waals surface area contributed by atoms with Crippen LogP contribution in [0.2, 0.25) is 0 Å². The molecule has 0 aromatic heterocycles. The van der Waals surface area contributed by atoms with Crippen LogP contribution in [-0.4, -0.2) is 41.5 Å². The van der Waals surface area contributed by atoms with Gasteiger partial charge >= 0.3 is 0 Å². The van der Waals surface area contributed by atoms with Gasteiger partial charge in [0.05, 0.1) is 6.20 Å². The molecule has 2 aliphatic rings. The molecule has 0 atom stereocenters. The molecular formula is C21H40N8O2. The highest BCUT2D eigenvalue weighted by Crippen LogP contribution is 2.32. The lowest BCUT2D eigenvalue weighted by Crippen LogP contribution is -2.36. The Morgan fingerprint density at radius 3 is 2.10 bits per heavy atom. The van der Waals surface area contributed by atoms with Crippen LogP contribution in [0, 0.1) is 11.8 Å². The average molecular weight is 437 g/mol. The summed E-state index contributed by atoms with van der Waals surface area (Å²) in [5, 5.41) is 8.40. The van der Waals surface area contributed by atoms with E-state index in [9.17, 15) is 9.59 Å². The standard InChI is InChI=1S/C21H40N8O2/c22-18(21(31)26-13-17-6-2-1-3-7-17)14-28(24)10-4-5-11-29(25)15-19(23)27-20(30)12-16-8-9-16/h14-17H,1-13,22-25H2,(H,26,31)(H,27,30)/b18-14-,19-15+. The Kier molecular flexibility index (Phi) is 10.5. The van der Waals surface area contributed by atoms with Gasteiger partial charge in [-0.15, -0.1) is 0 Å². The van der Waals surface area contributed by atoms with E-state index in [1.807, 2.05) is 0 Å². The van der Waals surface area contributed by atoms with Crippen molar-refractivity contribution >= 4 is 11.8 Å². The Bertz CT molecular complexity index is 641. The van der Waals surface area contributed by atoms with Gasteiger partial charge < -0.3 is 32.1 Å².